The summed E-state index contributed by atoms with van der Waals surface area (Å²) in [5.74, 6) is 0.343. The normalized spacial score (nSPS) is 12.4. The van der Waals surface area contributed by atoms with E-state index in [-0.39, 0.29) is 0 Å². The average molecular weight is 222 g/mol. The maximum atomic E-state index is 13.1. The standard InChI is InChI=1S/C12H11FO3/c1-15-10-5-4-8(13)7-9(10)12(14)11-3-2-6-16-11/h2-7,12,14H,1H3/t12-/m1/s1. The molecule has 0 aliphatic carbocycles. The third kappa shape index (κ3) is 1.92. The predicted molar refractivity (Wildman–Crippen MR) is 55.7 cm³/mol. The van der Waals surface area contributed by atoms with Gasteiger partial charge in [0, 0.05) is 5.56 Å². The molecule has 1 atom stereocenters. The van der Waals surface area contributed by atoms with Crippen LogP contribution in [-0.4, -0.2) is 12.2 Å². The maximum absolute atomic E-state index is 13.1. The molecule has 1 aromatic carbocycles. The van der Waals surface area contributed by atoms with E-state index in [0.717, 1.165) is 0 Å². The van der Waals surface area contributed by atoms with E-state index >= 15 is 0 Å². The number of aliphatic hydroxyl groups is 1. The average Bonchev–Trinajstić information content (AvgIpc) is 2.81. The van der Waals surface area contributed by atoms with Crippen LogP contribution in [0.1, 0.15) is 17.4 Å². The second-order valence-corrected chi connectivity index (χ2v) is 3.30. The molecule has 16 heavy (non-hydrogen) atoms. The van der Waals surface area contributed by atoms with Crippen LogP contribution < -0.4 is 4.74 Å². The minimum absolute atomic E-state index is 0.345. The van der Waals surface area contributed by atoms with E-state index in [1.54, 1.807) is 12.1 Å². The van der Waals surface area contributed by atoms with Gasteiger partial charge in [0.15, 0.2) is 0 Å². The molecule has 2 aromatic rings. The predicted octanol–water partition coefficient (Wildman–Crippen LogP) is 2.51. The largest absolute Gasteiger partial charge is 0.496 e. The van der Waals surface area contributed by atoms with Crippen LogP contribution in [0, 0.1) is 5.82 Å². The molecule has 1 heterocycles. The summed E-state index contributed by atoms with van der Waals surface area (Å²) < 4.78 is 23.2. The Labute approximate surface area is 92.1 Å². The van der Waals surface area contributed by atoms with Crippen molar-refractivity contribution in [1.82, 2.24) is 0 Å². The molecule has 0 unspecified atom stereocenters. The van der Waals surface area contributed by atoms with Crippen molar-refractivity contribution in [3.8, 4) is 5.75 Å². The highest BCUT2D eigenvalue weighted by Crippen LogP contribution is 2.30. The van der Waals surface area contributed by atoms with Gasteiger partial charge in [-0.2, -0.15) is 0 Å². The van der Waals surface area contributed by atoms with Crippen molar-refractivity contribution in [2.45, 2.75) is 6.10 Å². The lowest BCUT2D eigenvalue weighted by Crippen LogP contribution is -2.01. The Morgan fingerprint density at radius 1 is 1.38 bits per heavy atom. The Morgan fingerprint density at radius 2 is 2.19 bits per heavy atom. The zero-order valence-corrected chi connectivity index (χ0v) is 8.68. The van der Waals surface area contributed by atoms with Crippen molar-refractivity contribution < 1.29 is 18.7 Å². The van der Waals surface area contributed by atoms with Gasteiger partial charge < -0.3 is 14.3 Å². The lowest BCUT2D eigenvalue weighted by molar-refractivity contribution is 0.184. The first-order valence-electron chi connectivity index (χ1n) is 4.77. The molecule has 0 fully saturated rings. The van der Waals surface area contributed by atoms with Crippen LogP contribution in [-0.2, 0) is 0 Å². The van der Waals surface area contributed by atoms with Crippen molar-refractivity contribution in [2.24, 2.45) is 0 Å². The molecule has 0 aliphatic heterocycles. The lowest BCUT2D eigenvalue weighted by Gasteiger charge is -2.12. The van der Waals surface area contributed by atoms with Crippen molar-refractivity contribution in [3.63, 3.8) is 0 Å². The van der Waals surface area contributed by atoms with E-state index < -0.39 is 11.9 Å². The molecule has 4 heteroatoms. The monoisotopic (exact) mass is 222 g/mol. The van der Waals surface area contributed by atoms with E-state index in [1.165, 1.54) is 31.6 Å². The molecular weight excluding hydrogens is 211 g/mol. The number of aliphatic hydroxyl groups excluding tert-OH is 1. The minimum Gasteiger partial charge on any atom is -0.496 e. The maximum Gasteiger partial charge on any atom is 0.140 e. The molecule has 0 amide bonds. The molecule has 0 spiro atoms. The van der Waals surface area contributed by atoms with Gasteiger partial charge in [0.2, 0.25) is 0 Å². The summed E-state index contributed by atoms with van der Waals surface area (Å²) in [4.78, 5) is 0. The number of benzene rings is 1. The van der Waals surface area contributed by atoms with Crippen LogP contribution in [0.2, 0.25) is 0 Å². The van der Waals surface area contributed by atoms with Crippen LogP contribution in [0.3, 0.4) is 0 Å². The van der Waals surface area contributed by atoms with Crippen LogP contribution >= 0.6 is 0 Å². The summed E-state index contributed by atoms with van der Waals surface area (Å²) in [6, 6.07) is 7.25. The van der Waals surface area contributed by atoms with Gasteiger partial charge in [0.1, 0.15) is 23.4 Å². The van der Waals surface area contributed by atoms with Crippen molar-refractivity contribution >= 4 is 0 Å². The summed E-state index contributed by atoms with van der Waals surface area (Å²) in [6.07, 6.45) is 0.422. The van der Waals surface area contributed by atoms with Gasteiger partial charge in [-0.25, -0.2) is 4.39 Å². The highest BCUT2D eigenvalue weighted by atomic mass is 19.1. The Hall–Kier alpha value is -1.81. The van der Waals surface area contributed by atoms with Gasteiger partial charge in [-0.3, -0.25) is 0 Å². The summed E-state index contributed by atoms with van der Waals surface area (Å²) in [5, 5.41) is 9.98. The first-order valence-corrected chi connectivity index (χ1v) is 4.77. The van der Waals surface area contributed by atoms with Gasteiger partial charge in [-0.15, -0.1) is 0 Å². The fourth-order valence-electron chi connectivity index (χ4n) is 1.52. The molecule has 1 aromatic heterocycles. The Morgan fingerprint density at radius 3 is 2.81 bits per heavy atom. The van der Waals surface area contributed by atoms with E-state index in [0.29, 0.717) is 17.1 Å². The topological polar surface area (TPSA) is 42.6 Å². The van der Waals surface area contributed by atoms with E-state index in [2.05, 4.69) is 0 Å². The molecule has 0 aliphatic rings. The zero-order valence-electron chi connectivity index (χ0n) is 8.68. The SMILES string of the molecule is COc1ccc(F)cc1[C@@H](O)c1ccco1. The molecule has 3 nitrogen and oxygen atoms in total. The molecule has 2 rings (SSSR count). The molecule has 84 valence electrons. The Bertz CT molecular complexity index is 465. The van der Waals surface area contributed by atoms with Crippen molar-refractivity contribution in [3.05, 3.63) is 53.7 Å². The van der Waals surface area contributed by atoms with Gasteiger partial charge >= 0.3 is 0 Å². The van der Waals surface area contributed by atoms with Crippen LogP contribution in [0.4, 0.5) is 4.39 Å². The number of methoxy groups -OCH3 is 1. The molecule has 0 saturated heterocycles. The summed E-state index contributed by atoms with van der Waals surface area (Å²) in [7, 11) is 1.46. The third-order valence-corrected chi connectivity index (χ3v) is 2.30. The van der Waals surface area contributed by atoms with Crippen LogP contribution in [0.15, 0.2) is 41.0 Å². The summed E-state index contributed by atoms with van der Waals surface area (Å²) >= 11 is 0. The minimum atomic E-state index is -1.03. The highest BCUT2D eigenvalue weighted by Gasteiger charge is 2.18. The second-order valence-electron chi connectivity index (χ2n) is 3.30. The number of hydrogen-bond acceptors (Lipinski definition) is 3. The quantitative estimate of drug-likeness (QED) is 0.867. The zero-order chi connectivity index (χ0) is 11.5. The van der Waals surface area contributed by atoms with E-state index in [9.17, 15) is 9.50 Å². The van der Waals surface area contributed by atoms with Gasteiger partial charge in [-0.05, 0) is 30.3 Å². The smallest absolute Gasteiger partial charge is 0.140 e. The fourth-order valence-corrected chi connectivity index (χ4v) is 1.52. The first-order chi connectivity index (χ1) is 7.72. The molecular formula is C12H11FO3. The Kier molecular flexibility index (Phi) is 2.92. The summed E-state index contributed by atoms with van der Waals surface area (Å²) in [6.45, 7) is 0. The third-order valence-electron chi connectivity index (χ3n) is 2.30. The lowest BCUT2D eigenvalue weighted by atomic mass is 10.1. The van der Waals surface area contributed by atoms with Gasteiger partial charge in [-0.1, -0.05) is 0 Å². The second kappa shape index (κ2) is 4.37. The molecule has 0 radical (unpaired) electrons. The number of rotatable bonds is 3. The number of ether oxygens (including phenoxy) is 1. The van der Waals surface area contributed by atoms with Gasteiger partial charge in [0.05, 0.1) is 13.4 Å². The molecule has 0 bridgehead atoms. The van der Waals surface area contributed by atoms with Crippen molar-refractivity contribution in [1.29, 1.82) is 0 Å². The van der Waals surface area contributed by atoms with Crippen LogP contribution in [0.5, 0.6) is 5.75 Å². The highest BCUT2D eigenvalue weighted by molar-refractivity contribution is 5.38. The summed E-state index contributed by atoms with van der Waals surface area (Å²) in [5.41, 5.74) is 0.345. The van der Waals surface area contributed by atoms with Gasteiger partial charge in [0.25, 0.3) is 0 Å². The molecule has 0 saturated carbocycles. The fraction of sp³-hybridized carbons (Fsp3) is 0.167. The number of hydrogen-bond donors (Lipinski definition) is 1. The van der Waals surface area contributed by atoms with E-state index in [1.807, 2.05) is 0 Å². The first kappa shape index (κ1) is 10.7. The van der Waals surface area contributed by atoms with E-state index in [4.69, 9.17) is 9.15 Å². The Balaban J connectivity index is 2.42. The van der Waals surface area contributed by atoms with Crippen molar-refractivity contribution in [2.75, 3.05) is 7.11 Å². The number of furan rings is 1. The number of halogens is 1. The molecule has 1 N–H and O–H groups in total. The van der Waals surface area contributed by atoms with Crippen LogP contribution in [0.25, 0.3) is 0 Å².